The summed E-state index contributed by atoms with van der Waals surface area (Å²) in [5, 5.41) is 20.1. The minimum absolute atomic E-state index is 0.340. The Hall–Kier alpha value is -2.28. The molecule has 1 aromatic carbocycles. The van der Waals surface area contributed by atoms with Gasteiger partial charge in [-0.05, 0) is 18.6 Å². The summed E-state index contributed by atoms with van der Waals surface area (Å²) in [6.45, 7) is 0.637. The summed E-state index contributed by atoms with van der Waals surface area (Å²) in [4.78, 5) is 24.1. The van der Waals surface area contributed by atoms with Crippen LogP contribution in [0.5, 0.6) is 5.75 Å². The Labute approximate surface area is 115 Å². The molecule has 2 rings (SSSR count). The van der Waals surface area contributed by atoms with Gasteiger partial charge in [0.05, 0.1) is 18.8 Å². The second-order valence-corrected chi connectivity index (χ2v) is 4.36. The van der Waals surface area contributed by atoms with E-state index in [0.717, 1.165) is 0 Å². The predicted molar refractivity (Wildman–Crippen MR) is 70.9 cm³/mol. The molecule has 7 heteroatoms. The number of amides is 2. The van der Waals surface area contributed by atoms with Crippen LogP contribution in [0.2, 0.25) is 0 Å². The molecular formula is C13H16N2O5. The first-order chi connectivity index (χ1) is 9.59. The third-order valence-corrected chi connectivity index (χ3v) is 2.92. The van der Waals surface area contributed by atoms with Crippen LogP contribution in [-0.4, -0.2) is 48.0 Å². The van der Waals surface area contributed by atoms with Crippen LogP contribution in [0.3, 0.4) is 0 Å². The van der Waals surface area contributed by atoms with Gasteiger partial charge in [0, 0.05) is 6.54 Å². The number of ether oxygens (including phenoxy) is 1. The number of rotatable bonds is 3. The number of carbonyl (C=O) groups excluding carboxylic acids is 1. The maximum absolute atomic E-state index is 12.1. The third-order valence-electron chi connectivity index (χ3n) is 2.92. The molecule has 108 valence electrons. The van der Waals surface area contributed by atoms with Crippen molar-refractivity contribution in [3.63, 3.8) is 0 Å². The normalized spacial score (nSPS) is 15.6. The summed E-state index contributed by atoms with van der Waals surface area (Å²) in [5.74, 6) is -0.760. The molecule has 1 aromatic rings. The Balaban J connectivity index is 2.08. The molecule has 0 aromatic heterocycles. The third kappa shape index (κ3) is 3.18. The number of hydrogen-bond donors (Lipinski definition) is 3. The first-order valence-electron chi connectivity index (χ1n) is 6.27. The molecule has 0 saturated carbocycles. The zero-order valence-corrected chi connectivity index (χ0v) is 10.8. The molecule has 0 spiro atoms. The van der Waals surface area contributed by atoms with Gasteiger partial charge in [-0.3, -0.25) is 4.90 Å². The Morgan fingerprint density at radius 2 is 2.15 bits per heavy atom. The van der Waals surface area contributed by atoms with Crippen LogP contribution in [0.4, 0.5) is 10.5 Å². The van der Waals surface area contributed by atoms with Gasteiger partial charge in [0.15, 0.2) is 6.10 Å². The number of aliphatic carboxylic acids is 1. The number of carboxylic acid groups (broad SMARTS) is 1. The van der Waals surface area contributed by atoms with Gasteiger partial charge >= 0.3 is 12.0 Å². The summed E-state index contributed by atoms with van der Waals surface area (Å²) in [7, 11) is 0. The lowest BCUT2D eigenvalue weighted by atomic mass is 10.2. The van der Waals surface area contributed by atoms with E-state index in [-0.39, 0.29) is 6.54 Å². The van der Waals surface area contributed by atoms with Crippen LogP contribution >= 0.6 is 0 Å². The highest BCUT2D eigenvalue weighted by Gasteiger charge is 2.23. The first kappa shape index (κ1) is 14.1. The van der Waals surface area contributed by atoms with Gasteiger partial charge < -0.3 is 20.3 Å². The summed E-state index contributed by atoms with van der Waals surface area (Å²) in [6.07, 6.45) is -0.943. The number of nitrogens with one attached hydrogen (secondary N) is 1. The topological polar surface area (TPSA) is 99.1 Å². The number of benzene rings is 1. The van der Waals surface area contributed by atoms with Gasteiger partial charge in [-0.15, -0.1) is 0 Å². The Bertz CT molecular complexity index is 505. The van der Waals surface area contributed by atoms with Gasteiger partial charge in [-0.1, -0.05) is 12.1 Å². The smallest absolute Gasteiger partial charge is 0.334 e. The van der Waals surface area contributed by atoms with Crippen molar-refractivity contribution in [2.24, 2.45) is 0 Å². The predicted octanol–water partition coefficient (Wildman–Crippen LogP) is 0.431. The van der Waals surface area contributed by atoms with Crippen molar-refractivity contribution in [1.82, 2.24) is 5.32 Å². The van der Waals surface area contributed by atoms with Crippen molar-refractivity contribution in [1.29, 1.82) is 0 Å². The number of nitrogens with zero attached hydrogens (tertiary/aromatic N) is 1. The van der Waals surface area contributed by atoms with E-state index in [9.17, 15) is 9.59 Å². The van der Waals surface area contributed by atoms with Crippen LogP contribution in [0.25, 0.3) is 0 Å². The van der Waals surface area contributed by atoms with Crippen molar-refractivity contribution >= 4 is 17.7 Å². The molecule has 0 aliphatic carbocycles. The quantitative estimate of drug-likeness (QED) is 0.745. The molecule has 1 aliphatic heterocycles. The maximum Gasteiger partial charge on any atom is 0.334 e. The number of hydrogen-bond acceptors (Lipinski definition) is 4. The van der Waals surface area contributed by atoms with E-state index < -0.39 is 18.1 Å². The van der Waals surface area contributed by atoms with Crippen molar-refractivity contribution < 1.29 is 24.5 Å². The first-order valence-corrected chi connectivity index (χ1v) is 6.27. The maximum atomic E-state index is 12.1. The fourth-order valence-corrected chi connectivity index (χ4v) is 1.91. The summed E-state index contributed by atoms with van der Waals surface area (Å²) < 4.78 is 5.53. The van der Waals surface area contributed by atoms with E-state index in [1.807, 2.05) is 6.07 Å². The number of urea groups is 1. The van der Waals surface area contributed by atoms with Gasteiger partial charge in [0.25, 0.3) is 0 Å². The average Bonchev–Trinajstić information content (AvgIpc) is 2.66. The largest absolute Gasteiger partial charge is 0.491 e. The minimum atomic E-state index is -1.61. The highest BCUT2D eigenvalue weighted by atomic mass is 16.5. The Morgan fingerprint density at radius 3 is 2.90 bits per heavy atom. The van der Waals surface area contributed by atoms with Crippen molar-refractivity contribution in [2.45, 2.75) is 12.5 Å². The molecule has 1 atom stereocenters. The molecule has 1 aliphatic rings. The van der Waals surface area contributed by atoms with Crippen LogP contribution in [0.15, 0.2) is 24.3 Å². The van der Waals surface area contributed by atoms with Crippen molar-refractivity contribution in [3.8, 4) is 5.75 Å². The van der Waals surface area contributed by atoms with E-state index in [2.05, 4.69) is 5.32 Å². The highest BCUT2D eigenvalue weighted by Crippen LogP contribution is 2.30. The van der Waals surface area contributed by atoms with Gasteiger partial charge in [-0.25, -0.2) is 9.59 Å². The molecule has 3 N–H and O–H groups in total. The van der Waals surface area contributed by atoms with E-state index in [1.165, 1.54) is 4.90 Å². The number of carboxylic acids is 1. The lowest BCUT2D eigenvalue weighted by Crippen LogP contribution is -2.44. The Morgan fingerprint density at radius 1 is 1.40 bits per heavy atom. The second kappa shape index (κ2) is 6.25. The van der Waals surface area contributed by atoms with Crippen LogP contribution in [0, 0.1) is 0 Å². The summed E-state index contributed by atoms with van der Waals surface area (Å²) >= 11 is 0. The van der Waals surface area contributed by atoms with Gasteiger partial charge in [0.1, 0.15) is 5.75 Å². The zero-order valence-electron chi connectivity index (χ0n) is 10.8. The summed E-state index contributed by atoms with van der Waals surface area (Å²) in [6, 6.07) is 6.68. The standard InChI is InChI=1S/C13H16N2O5/c16-10(12(17)18)8-14-13(19)15-6-3-7-20-11-5-2-1-4-9(11)15/h1-2,4-5,10,16H,3,6-8H2,(H,14,19)(H,17,18)/t10-/m0/s1. The number of aliphatic hydroxyl groups is 1. The fraction of sp³-hybridized carbons (Fsp3) is 0.385. The fourth-order valence-electron chi connectivity index (χ4n) is 1.91. The van der Waals surface area contributed by atoms with Crippen LogP contribution in [-0.2, 0) is 4.79 Å². The van der Waals surface area contributed by atoms with Gasteiger partial charge in [0.2, 0.25) is 0 Å². The molecular weight excluding hydrogens is 264 g/mol. The number of para-hydroxylation sites is 2. The molecule has 0 bridgehead atoms. The van der Waals surface area contributed by atoms with Crippen LogP contribution < -0.4 is 15.0 Å². The van der Waals surface area contributed by atoms with Crippen molar-refractivity contribution in [2.75, 3.05) is 24.6 Å². The van der Waals surface area contributed by atoms with Crippen LogP contribution in [0.1, 0.15) is 6.42 Å². The SMILES string of the molecule is O=C(O)[C@@H](O)CNC(=O)N1CCCOc2ccccc21. The molecule has 0 unspecified atom stereocenters. The van der Waals surface area contributed by atoms with Crippen molar-refractivity contribution in [3.05, 3.63) is 24.3 Å². The molecule has 2 amide bonds. The molecule has 0 saturated heterocycles. The van der Waals surface area contributed by atoms with E-state index >= 15 is 0 Å². The number of anilines is 1. The number of carbonyl (C=O) groups is 2. The van der Waals surface area contributed by atoms with E-state index in [1.54, 1.807) is 18.2 Å². The monoisotopic (exact) mass is 280 g/mol. The molecule has 1 heterocycles. The second-order valence-electron chi connectivity index (χ2n) is 4.36. The highest BCUT2D eigenvalue weighted by molar-refractivity contribution is 5.94. The molecule has 0 fully saturated rings. The lowest BCUT2D eigenvalue weighted by molar-refractivity contribution is -0.146. The average molecular weight is 280 g/mol. The minimum Gasteiger partial charge on any atom is -0.491 e. The molecule has 0 radical (unpaired) electrons. The number of fused-ring (bicyclic) bond motifs is 1. The summed E-state index contributed by atoms with van der Waals surface area (Å²) in [5.41, 5.74) is 0.632. The Kier molecular flexibility index (Phi) is 4.41. The molecule has 7 nitrogen and oxygen atoms in total. The number of aliphatic hydroxyl groups excluding tert-OH is 1. The van der Waals surface area contributed by atoms with Gasteiger partial charge in [-0.2, -0.15) is 0 Å². The molecule has 20 heavy (non-hydrogen) atoms. The van der Waals surface area contributed by atoms with E-state index in [4.69, 9.17) is 14.9 Å². The van der Waals surface area contributed by atoms with E-state index in [0.29, 0.717) is 31.0 Å². The lowest BCUT2D eigenvalue weighted by Gasteiger charge is -2.22. The zero-order chi connectivity index (χ0) is 14.5.